The van der Waals surface area contributed by atoms with E-state index in [1.54, 1.807) is 6.07 Å². The summed E-state index contributed by atoms with van der Waals surface area (Å²) in [5.74, 6) is 0. The molecule has 29 heavy (non-hydrogen) atoms. The number of benzene rings is 2. The molecule has 1 aliphatic carbocycles. The number of nitrogens with zero attached hydrogens (tertiary/aromatic N) is 2. The number of fused-ring (bicyclic) bond motifs is 2. The molecule has 0 spiro atoms. The van der Waals surface area contributed by atoms with E-state index in [4.69, 9.17) is 4.42 Å². The lowest BCUT2D eigenvalue weighted by molar-refractivity contribution is 0.247. The molecular weight excluding hydrogens is 360 g/mol. The predicted octanol–water partition coefficient (Wildman–Crippen LogP) is 3.99. The summed E-state index contributed by atoms with van der Waals surface area (Å²) in [6.07, 6.45) is 4.60. The van der Waals surface area contributed by atoms with Gasteiger partial charge in [0.05, 0.1) is 0 Å². The zero-order valence-electron chi connectivity index (χ0n) is 16.9. The highest BCUT2D eigenvalue weighted by Gasteiger charge is 2.19. The second kappa shape index (κ2) is 8.13. The van der Waals surface area contributed by atoms with Gasteiger partial charge in [-0.3, -0.25) is 9.80 Å². The van der Waals surface area contributed by atoms with Gasteiger partial charge in [-0.25, -0.2) is 4.79 Å². The first-order chi connectivity index (χ1) is 14.2. The topological polar surface area (TPSA) is 36.7 Å². The van der Waals surface area contributed by atoms with E-state index in [-0.39, 0.29) is 5.63 Å². The molecule has 150 valence electrons. The van der Waals surface area contributed by atoms with Crippen LogP contribution in [-0.4, -0.2) is 36.0 Å². The van der Waals surface area contributed by atoms with Gasteiger partial charge in [0.2, 0.25) is 0 Å². The van der Waals surface area contributed by atoms with E-state index >= 15 is 0 Å². The Hall–Kier alpha value is -2.43. The molecule has 4 nitrogen and oxygen atoms in total. The third kappa shape index (κ3) is 4.14. The van der Waals surface area contributed by atoms with Crippen LogP contribution in [0, 0.1) is 0 Å². The highest BCUT2D eigenvalue weighted by atomic mass is 16.4. The molecular formula is C25H28N2O2. The van der Waals surface area contributed by atoms with Gasteiger partial charge in [0, 0.05) is 37.6 Å². The standard InChI is InChI=1S/C25H28N2O2/c28-25-16-22(23-14-20-8-4-9-21(20)15-24(23)29-25)18-27-11-5-10-26(12-13-27)17-19-6-2-1-3-7-19/h1-3,6-7,14-16H,4-5,8-13,17-18H2. The summed E-state index contributed by atoms with van der Waals surface area (Å²) < 4.78 is 5.54. The van der Waals surface area contributed by atoms with E-state index in [1.807, 2.05) is 0 Å². The van der Waals surface area contributed by atoms with Gasteiger partial charge in [-0.2, -0.15) is 0 Å². The Morgan fingerprint density at radius 3 is 2.31 bits per heavy atom. The van der Waals surface area contributed by atoms with Crippen LogP contribution in [0.4, 0.5) is 0 Å². The van der Waals surface area contributed by atoms with Crippen molar-refractivity contribution in [3.8, 4) is 0 Å². The third-order valence-electron chi connectivity index (χ3n) is 6.37. The third-order valence-corrected chi connectivity index (χ3v) is 6.37. The maximum atomic E-state index is 12.2. The van der Waals surface area contributed by atoms with Crippen molar-refractivity contribution in [2.75, 3.05) is 26.2 Å². The Labute approximate surface area is 171 Å². The van der Waals surface area contributed by atoms with Crippen LogP contribution in [0.15, 0.2) is 57.7 Å². The molecule has 0 atom stereocenters. The van der Waals surface area contributed by atoms with E-state index < -0.39 is 0 Å². The minimum absolute atomic E-state index is 0.231. The molecule has 3 aromatic rings. The van der Waals surface area contributed by atoms with Crippen LogP contribution >= 0.6 is 0 Å². The fraction of sp³-hybridized carbons (Fsp3) is 0.400. The van der Waals surface area contributed by atoms with Gasteiger partial charge < -0.3 is 4.42 Å². The second-order valence-electron chi connectivity index (χ2n) is 8.45. The molecule has 0 radical (unpaired) electrons. The Morgan fingerprint density at radius 1 is 0.793 bits per heavy atom. The smallest absolute Gasteiger partial charge is 0.336 e. The second-order valence-corrected chi connectivity index (χ2v) is 8.45. The van der Waals surface area contributed by atoms with Crippen LogP contribution in [0.1, 0.15) is 35.1 Å². The lowest BCUT2D eigenvalue weighted by Crippen LogP contribution is -2.30. The number of aryl methyl sites for hydroxylation is 2. The van der Waals surface area contributed by atoms with E-state index in [1.165, 1.54) is 23.1 Å². The average molecular weight is 389 g/mol. The molecule has 2 heterocycles. The zero-order valence-corrected chi connectivity index (χ0v) is 16.9. The first-order valence-electron chi connectivity index (χ1n) is 10.8. The summed E-state index contributed by atoms with van der Waals surface area (Å²) >= 11 is 0. The van der Waals surface area contributed by atoms with Gasteiger partial charge in [-0.15, -0.1) is 0 Å². The maximum Gasteiger partial charge on any atom is 0.336 e. The van der Waals surface area contributed by atoms with Gasteiger partial charge in [-0.05, 0) is 73.2 Å². The fourth-order valence-corrected chi connectivity index (χ4v) is 4.85. The minimum Gasteiger partial charge on any atom is -0.423 e. The molecule has 0 bridgehead atoms. The molecule has 2 aromatic carbocycles. The summed E-state index contributed by atoms with van der Waals surface area (Å²) in [4.78, 5) is 17.2. The number of hydrogen-bond donors (Lipinski definition) is 0. The molecule has 0 saturated carbocycles. The van der Waals surface area contributed by atoms with Crippen molar-refractivity contribution in [2.24, 2.45) is 0 Å². The quantitative estimate of drug-likeness (QED) is 0.634. The first-order valence-corrected chi connectivity index (χ1v) is 10.8. The van der Waals surface area contributed by atoms with E-state index in [0.717, 1.165) is 75.1 Å². The SMILES string of the molecule is O=c1cc(CN2CCCN(Cc3ccccc3)CC2)c2cc3c(cc2o1)CCC3. The Balaban J connectivity index is 1.32. The molecule has 0 unspecified atom stereocenters. The van der Waals surface area contributed by atoms with Crippen molar-refractivity contribution in [3.05, 3.63) is 81.2 Å². The van der Waals surface area contributed by atoms with Gasteiger partial charge in [0.25, 0.3) is 0 Å². The largest absolute Gasteiger partial charge is 0.423 e. The minimum atomic E-state index is -0.231. The summed E-state index contributed by atoms with van der Waals surface area (Å²) in [6.45, 7) is 6.11. The number of rotatable bonds is 4. The molecule has 1 aromatic heterocycles. The van der Waals surface area contributed by atoms with Gasteiger partial charge in [-0.1, -0.05) is 30.3 Å². The lowest BCUT2D eigenvalue weighted by Gasteiger charge is -2.22. The number of hydrogen-bond acceptors (Lipinski definition) is 4. The Bertz CT molecular complexity index is 1060. The Morgan fingerprint density at radius 2 is 1.52 bits per heavy atom. The van der Waals surface area contributed by atoms with E-state index in [9.17, 15) is 4.79 Å². The predicted molar refractivity (Wildman–Crippen MR) is 116 cm³/mol. The lowest BCUT2D eigenvalue weighted by atomic mass is 10.0. The van der Waals surface area contributed by atoms with Crippen LogP contribution in [0.5, 0.6) is 0 Å². The van der Waals surface area contributed by atoms with Crippen molar-refractivity contribution in [2.45, 2.75) is 38.8 Å². The molecule has 1 aliphatic heterocycles. The summed E-state index contributed by atoms with van der Waals surface area (Å²) in [5.41, 5.74) is 5.80. The fourth-order valence-electron chi connectivity index (χ4n) is 4.85. The van der Waals surface area contributed by atoms with Crippen LogP contribution in [-0.2, 0) is 25.9 Å². The van der Waals surface area contributed by atoms with Crippen LogP contribution in [0.3, 0.4) is 0 Å². The monoisotopic (exact) mass is 388 g/mol. The summed E-state index contributed by atoms with van der Waals surface area (Å²) in [5, 5.41) is 1.12. The van der Waals surface area contributed by atoms with Crippen molar-refractivity contribution in [1.29, 1.82) is 0 Å². The average Bonchev–Trinajstić information content (AvgIpc) is 3.07. The van der Waals surface area contributed by atoms with Gasteiger partial charge in [0.15, 0.2) is 0 Å². The van der Waals surface area contributed by atoms with Gasteiger partial charge in [0.1, 0.15) is 5.58 Å². The van der Waals surface area contributed by atoms with Crippen molar-refractivity contribution in [3.63, 3.8) is 0 Å². The molecule has 4 heteroatoms. The highest BCUT2D eigenvalue weighted by molar-refractivity contribution is 5.82. The van der Waals surface area contributed by atoms with E-state index in [2.05, 4.69) is 52.3 Å². The molecule has 0 N–H and O–H groups in total. The van der Waals surface area contributed by atoms with Crippen LogP contribution in [0.25, 0.3) is 11.0 Å². The summed E-state index contributed by atoms with van der Waals surface area (Å²) in [6, 6.07) is 16.8. The first kappa shape index (κ1) is 18.6. The van der Waals surface area contributed by atoms with Crippen molar-refractivity contribution < 1.29 is 4.42 Å². The maximum absolute atomic E-state index is 12.2. The van der Waals surface area contributed by atoms with E-state index in [0.29, 0.717) is 0 Å². The zero-order chi connectivity index (χ0) is 19.6. The molecule has 0 amide bonds. The van der Waals surface area contributed by atoms with Crippen molar-refractivity contribution >= 4 is 11.0 Å². The van der Waals surface area contributed by atoms with Crippen LogP contribution in [0.2, 0.25) is 0 Å². The highest BCUT2D eigenvalue weighted by Crippen LogP contribution is 2.29. The van der Waals surface area contributed by atoms with Gasteiger partial charge >= 0.3 is 5.63 Å². The molecule has 1 fully saturated rings. The molecule has 1 saturated heterocycles. The normalized spacial score (nSPS) is 18.1. The summed E-state index contributed by atoms with van der Waals surface area (Å²) in [7, 11) is 0. The van der Waals surface area contributed by atoms with Crippen molar-refractivity contribution in [1.82, 2.24) is 9.80 Å². The molecule has 5 rings (SSSR count). The van der Waals surface area contributed by atoms with Crippen LogP contribution < -0.4 is 5.63 Å². The Kier molecular flexibility index (Phi) is 5.21. The molecule has 2 aliphatic rings.